The van der Waals surface area contributed by atoms with Gasteiger partial charge in [-0.1, -0.05) is 12.8 Å². The second kappa shape index (κ2) is 5.19. The molecule has 1 aliphatic heterocycles. The van der Waals surface area contributed by atoms with E-state index in [4.69, 9.17) is 10.5 Å². The van der Waals surface area contributed by atoms with E-state index in [1.807, 2.05) is 0 Å². The summed E-state index contributed by atoms with van der Waals surface area (Å²) in [4.78, 5) is 14.9. The van der Waals surface area contributed by atoms with Crippen LogP contribution >= 0.6 is 0 Å². The predicted molar refractivity (Wildman–Crippen MR) is 73.1 cm³/mol. The van der Waals surface area contributed by atoms with Gasteiger partial charge in [0.2, 0.25) is 11.9 Å². The van der Waals surface area contributed by atoms with Crippen LogP contribution in [0.3, 0.4) is 0 Å². The average molecular weight is 263 g/mol. The molecule has 1 saturated carbocycles. The highest BCUT2D eigenvalue weighted by Crippen LogP contribution is 2.36. The van der Waals surface area contributed by atoms with E-state index < -0.39 is 0 Å². The first-order valence-electron chi connectivity index (χ1n) is 7.10. The minimum Gasteiger partial charge on any atom is -0.467 e. The molecule has 2 fully saturated rings. The fourth-order valence-electron chi connectivity index (χ4n) is 3.45. The van der Waals surface area contributed by atoms with Crippen molar-refractivity contribution in [2.75, 3.05) is 24.3 Å². The van der Waals surface area contributed by atoms with Gasteiger partial charge in [-0.25, -0.2) is 0 Å². The Labute approximate surface area is 113 Å². The molecule has 2 N–H and O–H groups in total. The number of hydrogen-bond acceptors (Lipinski definition) is 6. The van der Waals surface area contributed by atoms with E-state index >= 15 is 0 Å². The highest BCUT2D eigenvalue weighted by molar-refractivity contribution is 5.38. The van der Waals surface area contributed by atoms with Crippen LogP contribution in [0.2, 0.25) is 0 Å². The van der Waals surface area contributed by atoms with E-state index in [0.717, 1.165) is 12.5 Å². The van der Waals surface area contributed by atoms with E-state index in [1.54, 1.807) is 7.11 Å². The van der Waals surface area contributed by atoms with E-state index in [1.165, 1.54) is 38.5 Å². The van der Waals surface area contributed by atoms with Crippen molar-refractivity contribution in [2.45, 2.75) is 44.6 Å². The van der Waals surface area contributed by atoms with E-state index in [2.05, 4.69) is 19.9 Å². The number of rotatable bonds is 2. The maximum atomic E-state index is 5.74. The zero-order valence-electron chi connectivity index (χ0n) is 11.4. The number of nitrogens with zero attached hydrogens (tertiary/aromatic N) is 4. The first kappa shape index (κ1) is 12.4. The van der Waals surface area contributed by atoms with Crippen LogP contribution in [0.4, 0.5) is 11.9 Å². The monoisotopic (exact) mass is 263 g/mol. The summed E-state index contributed by atoms with van der Waals surface area (Å²) in [7, 11) is 1.55. The first-order valence-corrected chi connectivity index (χ1v) is 7.10. The van der Waals surface area contributed by atoms with Crippen LogP contribution in [0.1, 0.15) is 38.5 Å². The Bertz CT molecular complexity index is 451. The van der Waals surface area contributed by atoms with Gasteiger partial charge in [0, 0.05) is 12.6 Å². The molecular weight excluding hydrogens is 242 g/mol. The molecular formula is C13H21N5O. The molecule has 0 aromatic carbocycles. The highest BCUT2D eigenvalue weighted by atomic mass is 16.5. The lowest BCUT2D eigenvalue weighted by Crippen LogP contribution is -2.47. The minimum absolute atomic E-state index is 0.236. The van der Waals surface area contributed by atoms with Gasteiger partial charge in [-0.05, 0) is 31.6 Å². The fraction of sp³-hybridized carbons (Fsp3) is 0.769. The normalized spacial score (nSPS) is 26.9. The SMILES string of the molecule is COc1nc(N)nc(N2CCCC3CCCCC32)n1. The molecule has 2 atom stereocenters. The van der Waals surface area contributed by atoms with Gasteiger partial charge >= 0.3 is 6.01 Å². The molecule has 104 valence electrons. The molecule has 0 spiro atoms. The second-order valence-corrected chi connectivity index (χ2v) is 5.43. The molecule has 19 heavy (non-hydrogen) atoms. The summed E-state index contributed by atoms with van der Waals surface area (Å²) in [5.74, 6) is 1.70. The number of ether oxygens (including phenoxy) is 1. The molecule has 2 heterocycles. The summed E-state index contributed by atoms with van der Waals surface area (Å²) in [6, 6.07) is 0.870. The number of aromatic nitrogens is 3. The zero-order chi connectivity index (χ0) is 13.2. The van der Waals surface area contributed by atoms with E-state index in [0.29, 0.717) is 18.0 Å². The van der Waals surface area contributed by atoms with Crippen molar-refractivity contribution in [1.82, 2.24) is 15.0 Å². The number of piperidine rings is 1. The first-order chi connectivity index (χ1) is 9.28. The van der Waals surface area contributed by atoms with Crippen LogP contribution in [-0.2, 0) is 0 Å². The Kier molecular flexibility index (Phi) is 3.40. The van der Waals surface area contributed by atoms with Gasteiger partial charge in [0.15, 0.2) is 0 Å². The summed E-state index contributed by atoms with van der Waals surface area (Å²) < 4.78 is 5.09. The van der Waals surface area contributed by atoms with Gasteiger partial charge in [0.25, 0.3) is 0 Å². The fourth-order valence-corrected chi connectivity index (χ4v) is 3.45. The maximum Gasteiger partial charge on any atom is 0.322 e. The van der Waals surface area contributed by atoms with Gasteiger partial charge in [-0.15, -0.1) is 0 Å². The number of fused-ring (bicyclic) bond motifs is 1. The average Bonchev–Trinajstić information content (AvgIpc) is 2.46. The zero-order valence-corrected chi connectivity index (χ0v) is 11.4. The number of methoxy groups -OCH3 is 1. The molecule has 6 nitrogen and oxygen atoms in total. The second-order valence-electron chi connectivity index (χ2n) is 5.43. The lowest BCUT2D eigenvalue weighted by atomic mass is 9.78. The van der Waals surface area contributed by atoms with Gasteiger partial charge in [-0.3, -0.25) is 0 Å². The number of nitrogens with two attached hydrogens (primary N) is 1. The summed E-state index contributed by atoms with van der Waals surface area (Å²) in [6.07, 6.45) is 7.76. The van der Waals surface area contributed by atoms with E-state index in [-0.39, 0.29) is 5.95 Å². The van der Waals surface area contributed by atoms with Gasteiger partial charge in [-0.2, -0.15) is 15.0 Å². The summed E-state index contributed by atoms with van der Waals surface area (Å²) >= 11 is 0. The van der Waals surface area contributed by atoms with Crippen LogP contribution in [0.25, 0.3) is 0 Å². The molecule has 1 aromatic heterocycles. The van der Waals surface area contributed by atoms with Crippen LogP contribution in [0.5, 0.6) is 6.01 Å². The van der Waals surface area contributed by atoms with E-state index in [9.17, 15) is 0 Å². The Morgan fingerprint density at radius 2 is 1.89 bits per heavy atom. The highest BCUT2D eigenvalue weighted by Gasteiger charge is 2.34. The molecule has 6 heteroatoms. The maximum absolute atomic E-state index is 5.74. The van der Waals surface area contributed by atoms with Crippen molar-refractivity contribution in [3.63, 3.8) is 0 Å². The Morgan fingerprint density at radius 3 is 2.74 bits per heavy atom. The van der Waals surface area contributed by atoms with Crippen molar-refractivity contribution in [2.24, 2.45) is 5.92 Å². The van der Waals surface area contributed by atoms with Gasteiger partial charge < -0.3 is 15.4 Å². The minimum atomic E-state index is 0.236. The molecule has 2 aliphatic rings. The lowest BCUT2D eigenvalue weighted by molar-refractivity contribution is 0.241. The van der Waals surface area contributed by atoms with Crippen molar-refractivity contribution in [3.05, 3.63) is 0 Å². The summed E-state index contributed by atoms with van der Waals surface area (Å²) in [5, 5.41) is 0. The van der Waals surface area contributed by atoms with Crippen LogP contribution in [-0.4, -0.2) is 34.6 Å². The van der Waals surface area contributed by atoms with Crippen LogP contribution < -0.4 is 15.4 Å². The largest absolute Gasteiger partial charge is 0.467 e. The van der Waals surface area contributed by atoms with Gasteiger partial charge in [0.1, 0.15) is 0 Å². The molecule has 1 saturated heterocycles. The quantitative estimate of drug-likeness (QED) is 0.873. The van der Waals surface area contributed by atoms with Gasteiger partial charge in [0.05, 0.1) is 7.11 Å². The lowest BCUT2D eigenvalue weighted by Gasteiger charge is -2.44. The number of anilines is 2. The van der Waals surface area contributed by atoms with Crippen LogP contribution in [0, 0.1) is 5.92 Å². The molecule has 0 bridgehead atoms. The Balaban J connectivity index is 1.89. The van der Waals surface area contributed by atoms with Crippen LogP contribution in [0.15, 0.2) is 0 Å². The van der Waals surface area contributed by atoms with Crippen molar-refractivity contribution in [1.29, 1.82) is 0 Å². The number of hydrogen-bond donors (Lipinski definition) is 1. The third-order valence-corrected chi connectivity index (χ3v) is 4.30. The topological polar surface area (TPSA) is 77.2 Å². The Hall–Kier alpha value is -1.59. The van der Waals surface area contributed by atoms with Crippen molar-refractivity contribution < 1.29 is 4.74 Å². The predicted octanol–water partition coefficient (Wildman–Crippen LogP) is 1.62. The third-order valence-electron chi connectivity index (χ3n) is 4.30. The van der Waals surface area contributed by atoms with Crippen molar-refractivity contribution in [3.8, 4) is 6.01 Å². The molecule has 3 rings (SSSR count). The molecule has 2 unspecified atom stereocenters. The summed E-state index contributed by atoms with van der Waals surface area (Å²) in [6.45, 7) is 1.01. The Morgan fingerprint density at radius 1 is 1.11 bits per heavy atom. The number of nitrogen functional groups attached to an aromatic ring is 1. The van der Waals surface area contributed by atoms with Crippen molar-refractivity contribution >= 4 is 11.9 Å². The molecule has 0 radical (unpaired) electrons. The third kappa shape index (κ3) is 2.43. The molecule has 0 amide bonds. The molecule has 1 aliphatic carbocycles. The summed E-state index contributed by atoms with van der Waals surface area (Å²) in [5.41, 5.74) is 5.74. The smallest absolute Gasteiger partial charge is 0.322 e. The standard InChI is InChI=1S/C13H21N5O/c1-19-13-16-11(14)15-12(17-13)18-8-4-6-9-5-2-3-7-10(9)18/h9-10H,2-8H2,1H3,(H2,14,15,16,17). The molecule has 1 aromatic rings.